The summed E-state index contributed by atoms with van der Waals surface area (Å²) in [5.74, 6) is 0.602. The summed E-state index contributed by atoms with van der Waals surface area (Å²) in [6, 6.07) is 6.73. The first-order chi connectivity index (χ1) is 7.63. The number of aryl methyl sites for hydroxylation is 1. The molecule has 0 heterocycles. The zero-order valence-corrected chi connectivity index (χ0v) is 10.5. The maximum absolute atomic E-state index is 4.15. The molecule has 0 radical (unpaired) electrons. The van der Waals surface area contributed by atoms with E-state index < -0.39 is 0 Å². The Morgan fingerprint density at radius 1 is 1.25 bits per heavy atom. The number of hydrogen-bond acceptors (Lipinski definition) is 0. The predicted molar refractivity (Wildman–Crippen MR) is 71.6 cm³/mol. The highest BCUT2D eigenvalue weighted by Crippen LogP contribution is 2.39. The van der Waals surface area contributed by atoms with Gasteiger partial charge in [0.1, 0.15) is 0 Å². The average Bonchev–Trinajstić information content (AvgIpc) is 2.23. The molecule has 0 aromatic heterocycles. The third-order valence-corrected chi connectivity index (χ3v) is 3.46. The van der Waals surface area contributed by atoms with Gasteiger partial charge < -0.3 is 0 Å². The molecule has 0 bridgehead atoms. The molecule has 1 aromatic carbocycles. The van der Waals surface area contributed by atoms with Crippen molar-refractivity contribution in [2.75, 3.05) is 0 Å². The van der Waals surface area contributed by atoms with Crippen LogP contribution in [0.5, 0.6) is 0 Å². The first-order valence-electron chi connectivity index (χ1n) is 6.11. The largest absolute Gasteiger partial charge is 0.0912 e. The first kappa shape index (κ1) is 11.2. The van der Waals surface area contributed by atoms with Crippen molar-refractivity contribution in [1.82, 2.24) is 0 Å². The van der Waals surface area contributed by atoms with Crippen LogP contribution in [0.15, 0.2) is 36.4 Å². The van der Waals surface area contributed by atoms with Gasteiger partial charge in [-0.05, 0) is 37.0 Å². The van der Waals surface area contributed by atoms with Crippen LogP contribution in [-0.2, 0) is 0 Å². The lowest BCUT2D eigenvalue weighted by molar-refractivity contribution is 0.681. The maximum Gasteiger partial charge on any atom is 0.00548 e. The lowest BCUT2D eigenvalue weighted by Crippen LogP contribution is -2.08. The van der Waals surface area contributed by atoms with Crippen LogP contribution in [-0.4, -0.2) is 0 Å². The molecular weight excluding hydrogens is 192 g/mol. The molecule has 0 heteroatoms. The summed E-state index contributed by atoms with van der Waals surface area (Å²) in [5, 5.41) is 0. The average molecular weight is 212 g/mol. The van der Waals surface area contributed by atoms with Crippen LogP contribution in [0.3, 0.4) is 0 Å². The van der Waals surface area contributed by atoms with Crippen molar-refractivity contribution >= 4 is 5.57 Å². The Morgan fingerprint density at radius 3 is 2.69 bits per heavy atom. The second kappa shape index (κ2) is 4.29. The van der Waals surface area contributed by atoms with E-state index >= 15 is 0 Å². The maximum atomic E-state index is 4.15. The Morgan fingerprint density at radius 2 is 2.00 bits per heavy atom. The van der Waals surface area contributed by atoms with E-state index in [4.69, 9.17) is 0 Å². The van der Waals surface area contributed by atoms with Gasteiger partial charge in [0.15, 0.2) is 0 Å². The van der Waals surface area contributed by atoms with Gasteiger partial charge in [-0.15, -0.1) is 0 Å². The van der Waals surface area contributed by atoms with Gasteiger partial charge in [0.2, 0.25) is 0 Å². The summed E-state index contributed by atoms with van der Waals surface area (Å²) in [6.07, 6.45) is 4.72. The standard InChI is InChI=1S/C16H20/c1-5-6-14-12(3)10-13(4)15-8-7-11(2)9-16(14)15/h7-10,14H,4-6H2,1-3H3. The third kappa shape index (κ3) is 1.84. The number of fused-ring (bicyclic) bond motifs is 1. The SMILES string of the molecule is C=C1C=C(C)C(CCC)c2cc(C)ccc21. The summed E-state index contributed by atoms with van der Waals surface area (Å²) in [7, 11) is 0. The van der Waals surface area contributed by atoms with Crippen LogP contribution in [0.25, 0.3) is 5.57 Å². The second-order valence-electron chi connectivity index (χ2n) is 4.85. The zero-order valence-electron chi connectivity index (χ0n) is 10.5. The molecule has 0 spiro atoms. The molecule has 1 aliphatic rings. The van der Waals surface area contributed by atoms with Crippen LogP contribution >= 0.6 is 0 Å². The first-order valence-corrected chi connectivity index (χ1v) is 6.11. The molecule has 0 N–H and O–H groups in total. The lowest BCUT2D eigenvalue weighted by atomic mass is 9.78. The fourth-order valence-electron chi connectivity index (χ4n) is 2.63. The van der Waals surface area contributed by atoms with E-state index in [2.05, 4.69) is 51.6 Å². The van der Waals surface area contributed by atoms with Gasteiger partial charge in [-0.25, -0.2) is 0 Å². The van der Waals surface area contributed by atoms with Gasteiger partial charge in [-0.3, -0.25) is 0 Å². The molecule has 0 fully saturated rings. The molecule has 1 unspecified atom stereocenters. The minimum absolute atomic E-state index is 0.602. The second-order valence-corrected chi connectivity index (χ2v) is 4.85. The summed E-state index contributed by atoms with van der Waals surface area (Å²) >= 11 is 0. The fraction of sp³-hybridized carbons (Fsp3) is 0.375. The van der Waals surface area contributed by atoms with Crippen LogP contribution in [0.4, 0.5) is 0 Å². The van der Waals surface area contributed by atoms with Gasteiger partial charge >= 0.3 is 0 Å². The minimum Gasteiger partial charge on any atom is -0.0912 e. The van der Waals surface area contributed by atoms with E-state index in [0.717, 1.165) is 0 Å². The summed E-state index contributed by atoms with van der Waals surface area (Å²) in [5.41, 5.74) is 6.80. The third-order valence-electron chi connectivity index (χ3n) is 3.46. The van der Waals surface area contributed by atoms with Crippen molar-refractivity contribution in [3.63, 3.8) is 0 Å². The molecule has 84 valence electrons. The fourth-order valence-corrected chi connectivity index (χ4v) is 2.63. The Labute approximate surface area is 98.7 Å². The number of benzene rings is 1. The van der Waals surface area contributed by atoms with E-state index in [1.165, 1.54) is 40.7 Å². The molecule has 2 rings (SSSR count). The van der Waals surface area contributed by atoms with Crippen molar-refractivity contribution in [2.45, 2.75) is 39.5 Å². The number of allylic oxidation sites excluding steroid dienone is 3. The highest BCUT2D eigenvalue weighted by molar-refractivity contribution is 5.78. The van der Waals surface area contributed by atoms with E-state index in [-0.39, 0.29) is 0 Å². The normalized spacial score (nSPS) is 19.3. The molecule has 1 aromatic rings. The monoisotopic (exact) mass is 212 g/mol. The molecule has 16 heavy (non-hydrogen) atoms. The molecule has 0 saturated heterocycles. The van der Waals surface area contributed by atoms with Crippen LogP contribution in [0.2, 0.25) is 0 Å². The zero-order chi connectivity index (χ0) is 11.7. The summed E-state index contributed by atoms with van der Waals surface area (Å²) in [4.78, 5) is 0. The van der Waals surface area contributed by atoms with E-state index in [1.54, 1.807) is 0 Å². The van der Waals surface area contributed by atoms with E-state index in [0.29, 0.717) is 5.92 Å². The lowest BCUT2D eigenvalue weighted by Gasteiger charge is -2.26. The van der Waals surface area contributed by atoms with Gasteiger partial charge in [0.25, 0.3) is 0 Å². The van der Waals surface area contributed by atoms with Gasteiger partial charge in [0, 0.05) is 5.92 Å². The Bertz CT molecular complexity index is 449. The van der Waals surface area contributed by atoms with Crippen molar-refractivity contribution in [1.29, 1.82) is 0 Å². The number of hydrogen-bond donors (Lipinski definition) is 0. The van der Waals surface area contributed by atoms with Crippen molar-refractivity contribution < 1.29 is 0 Å². The molecule has 0 saturated carbocycles. The minimum atomic E-state index is 0.602. The quantitative estimate of drug-likeness (QED) is 0.657. The molecule has 0 amide bonds. The predicted octanol–water partition coefficient (Wildman–Crippen LogP) is 4.85. The molecule has 1 aliphatic carbocycles. The topological polar surface area (TPSA) is 0 Å². The molecular formula is C16H20. The highest BCUT2D eigenvalue weighted by Gasteiger charge is 2.21. The Hall–Kier alpha value is -1.30. The molecule has 1 atom stereocenters. The van der Waals surface area contributed by atoms with Crippen molar-refractivity contribution in [3.8, 4) is 0 Å². The number of rotatable bonds is 2. The van der Waals surface area contributed by atoms with Gasteiger partial charge in [-0.1, -0.05) is 55.3 Å². The van der Waals surface area contributed by atoms with E-state index in [9.17, 15) is 0 Å². The molecule has 0 aliphatic heterocycles. The van der Waals surface area contributed by atoms with E-state index in [1.807, 2.05) is 0 Å². The Kier molecular flexibility index (Phi) is 3.00. The van der Waals surface area contributed by atoms with Crippen LogP contribution in [0.1, 0.15) is 49.3 Å². The van der Waals surface area contributed by atoms with Gasteiger partial charge in [-0.2, -0.15) is 0 Å². The van der Waals surface area contributed by atoms with Crippen LogP contribution < -0.4 is 0 Å². The van der Waals surface area contributed by atoms with Crippen molar-refractivity contribution in [3.05, 3.63) is 53.1 Å². The van der Waals surface area contributed by atoms with Crippen molar-refractivity contribution in [2.24, 2.45) is 0 Å². The molecule has 0 nitrogen and oxygen atoms in total. The highest BCUT2D eigenvalue weighted by atomic mass is 14.3. The van der Waals surface area contributed by atoms with Crippen LogP contribution in [0, 0.1) is 6.92 Å². The summed E-state index contributed by atoms with van der Waals surface area (Å²) < 4.78 is 0. The summed E-state index contributed by atoms with van der Waals surface area (Å²) in [6.45, 7) is 10.8. The van der Waals surface area contributed by atoms with Gasteiger partial charge in [0.05, 0.1) is 0 Å². The Balaban J connectivity index is 2.53. The smallest absolute Gasteiger partial charge is 0.00548 e.